The van der Waals surface area contributed by atoms with Gasteiger partial charge < -0.3 is 10.3 Å². The van der Waals surface area contributed by atoms with Crippen LogP contribution in [0.5, 0.6) is 0 Å². The molecule has 1 aliphatic carbocycles. The first-order valence-corrected chi connectivity index (χ1v) is 8.67. The maximum atomic E-state index is 5.87. The van der Waals surface area contributed by atoms with E-state index in [2.05, 4.69) is 56.4 Å². The summed E-state index contributed by atoms with van der Waals surface area (Å²) in [6.07, 6.45) is 5.54. The van der Waals surface area contributed by atoms with E-state index in [1.165, 1.54) is 41.4 Å². The van der Waals surface area contributed by atoms with Crippen LogP contribution in [0, 0.1) is 0 Å². The zero-order valence-electron chi connectivity index (χ0n) is 13.8. The van der Waals surface area contributed by atoms with E-state index in [4.69, 9.17) is 5.73 Å². The number of fused-ring (bicyclic) bond motifs is 1. The molecule has 1 saturated carbocycles. The minimum Gasteiger partial charge on any atom is -0.399 e. The summed E-state index contributed by atoms with van der Waals surface area (Å²) in [5.74, 6) is 0. The lowest BCUT2D eigenvalue weighted by molar-refractivity contribution is 0.324. The number of nitrogens with one attached hydrogen (secondary N) is 1. The number of nitrogen functional groups attached to an aromatic ring is 1. The quantitative estimate of drug-likeness (QED) is 0.547. The SMILES string of the molecule is Nc1ccc(-c2cc3ccc(-c4cnn[nH]4)cc3n2C2CCC2)cc1. The van der Waals surface area contributed by atoms with E-state index in [0.717, 1.165) is 16.9 Å². The summed E-state index contributed by atoms with van der Waals surface area (Å²) in [6.45, 7) is 0. The molecule has 0 amide bonds. The van der Waals surface area contributed by atoms with Crippen LogP contribution < -0.4 is 5.73 Å². The summed E-state index contributed by atoms with van der Waals surface area (Å²) in [5.41, 5.74) is 12.5. The Balaban J connectivity index is 1.73. The Morgan fingerprint density at radius 1 is 1.00 bits per heavy atom. The minimum absolute atomic E-state index is 0.570. The molecule has 5 heteroatoms. The van der Waals surface area contributed by atoms with Crippen LogP contribution in [-0.2, 0) is 0 Å². The highest BCUT2D eigenvalue weighted by Gasteiger charge is 2.24. The Hall–Kier alpha value is -3.08. The van der Waals surface area contributed by atoms with E-state index in [9.17, 15) is 0 Å². The van der Waals surface area contributed by atoms with E-state index in [1.807, 2.05) is 12.1 Å². The normalized spacial score (nSPS) is 14.7. The number of hydrogen-bond acceptors (Lipinski definition) is 3. The standard InChI is InChI=1S/C20H19N5/c21-16-8-6-13(7-9-16)19-11-15-5-4-14(18-12-22-24-23-18)10-20(15)25(19)17-2-1-3-17/h4-12,17H,1-3,21H2,(H,22,23,24). The number of hydrogen-bond donors (Lipinski definition) is 2. The minimum atomic E-state index is 0.570. The maximum Gasteiger partial charge on any atom is 0.0854 e. The van der Waals surface area contributed by atoms with Gasteiger partial charge in [-0.3, -0.25) is 5.10 Å². The predicted octanol–water partition coefficient (Wildman–Crippen LogP) is 4.40. The first kappa shape index (κ1) is 14.3. The Kier molecular flexibility index (Phi) is 3.13. The first-order valence-electron chi connectivity index (χ1n) is 8.67. The fraction of sp³-hybridized carbons (Fsp3) is 0.200. The van der Waals surface area contributed by atoms with Gasteiger partial charge in [0.15, 0.2) is 0 Å². The Bertz CT molecular complexity index is 1020. The summed E-state index contributed by atoms with van der Waals surface area (Å²) in [7, 11) is 0. The molecule has 0 radical (unpaired) electrons. The van der Waals surface area contributed by atoms with Crippen molar-refractivity contribution < 1.29 is 0 Å². The van der Waals surface area contributed by atoms with Gasteiger partial charge in [0.05, 0.1) is 11.9 Å². The van der Waals surface area contributed by atoms with Gasteiger partial charge in [-0.2, -0.15) is 0 Å². The van der Waals surface area contributed by atoms with Crippen LogP contribution in [0.25, 0.3) is 33.4 Å². The molecule has 25 heavy (non-hydrogen) atoms. The molecule has 0 aliphatic heterocycles. The molecule has 5 nitrogen and oxygen atoms in total. The summed E-state index contributed by atoms with van der Waals surface area (Å²) in [4.78, 5) is 0. The average Bonchev–Trinajstić information content (AvgIpc) is 3.22. The van der Waals surface area contributed by atoms with Gasteiger partial charge in [-0.25, -0.2) is 0 Å². The molecule has 2 heterocycles. The number of benzene rings is 2. The van der Waals surface area contributed by atoms with Crippen LogP contribution in [0.15, 0.2) is 54.7 Å². The second kappa shape index (κ2) is 5.48. The molecular weight excluding hydrogens is 310 g/mol. The monoisotopic (exact) mass is 329 g/mol. The maximum absolute atomic E-state index is 5.87. The molecule has 3 N–H and O–H groups in total. The smallest absolute Gasteiger partial charge is 0.0854 e. The molecule has 0 bridgehead atoms. The molecule has 4 aromatic rings. The highest BCUT2D eigenvalue weighted by Crippen LogP contribution is 2.40. The van der Waals surface area contributed by atoms with Crippen molar-refractivity contribution in [2.24, 2.45) is 0 Å². The van der Waals surface area contributed by atoms with Crippen molar-refractivity contribution in [3.05, 3.63) is 54.7 Å². The molecule has 2 aromatic carbocycles. The predicted molar refractivity (Wildman–Crippen MR) is 100 cm³/mol. The van der Waals surface area contributed by atoms with E-state index in [-0.39, 0.29) is 0 Å². The summed E-state index contributed by atoms with van der Waals surface area (Å²) < 4.78 is 2.50. The topological polar surface area (TPSA) is 72.5 Å². The van der Waals surface area contributed by atoms with E-state index < -0.39 is 0 Å². The number of anilines is 1. The average molecular weight is 329 g/mol. The molecule has 5 rings (SSSR count). The van der Waals surface area contributed by atoms with Crippen molar-refractivity contribution in [1.29, 1.82) is 0 Å². The van der Waals surface area contributed by atoms with E-state index in [1.54, 1.807) is 6.20 Å². The van der Waals surface area contributed by atoms with Gasteiger partial charge in [0.2, 0.25) is 0 Å². The van der Waals surface area contributed by atoms with Crippen molar-refractivity contribution in [2.45, 2.75) is 25.3 Å². The number of rotatable bonds is 3. The van der Waals surface area contributed by atoms with Crippen LogP contribution in [0.1, 0.15) is 25.3 Å². The van der Waals surface area contributed by atoms with Gasteiger partial charge in [0, 0.05) is 33.9 Å². The van der Waals surface area contributed by atoms with Crippen LogP contribution in [0.2, 0.25) is 0 Å². The third-order valence-electron chi connectivity index (χ3n) is 5.21. The number of aromatic nitrogens is 4. The number of H-pyrrole nitrogens is 1. The highest BCUT2D eigenvalue weighted by atomic mass is 15.3. The van der Waals surface area contributed by atoms with Gasteiger partial charge in [0.25, 0.3) is 0 Å². The fourth-order valence-corrected chi connectivity index (χ4v) is 3.64. The molecular formula is C20H19N5. The number of nitrogens with two attached hydrogens (primary N) is 1. The molecule has 0 spiro atoms. The van der Waals surface area contributed by atoms with Crippen molar-refractivity contribution in [2.75, 3.05) is 5.73 Å². The van der Waals surface area contributed by atoms with E-state index >= 15 is 0 Å². The largest absolute Gasteiger partial charge is 0.399 e. The third kappa shape index (κ3) is 2.31. The van der Waals surface area contributed by atoms with E-state index in [0.29, 0.717) is 6.04 Å². The van der Waals surface area contributed by atoms with Crippen molar-refractivity contribution in [1.82, 2.24) is 20.0 Å². The lowest BCUT2D eigenvalue weighted by Gasteiger charge is -2.30. The van der Waals surface area contributed by atoms with Crippen LogP contribution >= 0.6 is 0 Å². The molecule has 0 atom stereocenters. The van der Waals surface area contributed by atoms with Gasteiger partial charge in [0.1, 0.15) is 0 Å². The summed E-state index contributed by atoms with van der Waals surface area (Å²) >= 11 is 0. The Morgan fingerprint density at radius 3 is 2.48 bits per heavy atom. The van der Waals surface area contributed by atoms with Crippen LogP contribution in [0.3, 0.4) is 0 Å². The summed E-state index contributed by atoms with van der Waals surface area (Å²) in [6, 6.07) is 17.6. The molecule has 1 fully saturated rings. The highest BCUT2D eigenvalue weighted by molar-refractivity contribution is 5.90. The molecule has 2 aromatic heterocycles. The Morgan fingerprint density at radius 2 is 1.80 bits per heavy atom. The van der Waals surface area contributed by atoms with Crippen molar-refractivity contribution in [3.63, 3.8) is 0 Å². The zero-order chi connectivity index (χ0) is 16.8. The summed E-state index contributed by atoms with van der Waals surface area (Å²) in [5, 5.41) is 11.9. The molecule has 124 valence electrons. The molecule has 0 saturated heterocycles. The lowest BCUT2D eigenvalue weighted by atomic mass is 9.92. The fourth-order valence-electron chi connectivity index (χ4n) is 3.64. The van der Waals surface area contributed by atoms with Crippen LogP contribution in [-0.4, -0.2) is 20.0 Å². The van der Waals surface area contributed by atoms with Gasteiger partial charge in [-0.15, -0.1) is 5.10 Å². The number of aromatic amines is 1. The third-order valence-corrected chi connectivity index (χ3v) is 5.21. The van der Waals surface area contributed by atoms with Gasteiger partial charge in [-0.05, 0) is 49.1 Å². The Labute approximate surface area is 145 Å². The molecule has 0 unspecified atom stereocenters. The van der Waals surface area contributed by atoms with Crippen molar-refractivity contribution >= 4 is 16.6 Å². The van der Waals surface area contributed by atoms with Crippen molar-refractivity contribution in [3.8, 4) is 22.5 Å². The number of nitrogens with zero attached hydrogens (tertiary/aromatic N) is 3. The van der Waals surface area contributed by atoms with Crippen LogP contribution in [0.4, 0.5) is 5.69 Å². The van der Waals surface area contributed by atoms with Gasteiger partial charge >= 0.3 is 0 Å². The van der Waals surface area contributed by atoms with Gasteiger partial charge in [-0.1, -0.05) is 29.5 Å². The second-order valence-corrected chi connectivity index (χ2v) is 6.75. The molecule has 1 aliphatic rings. The first-order chi connectivity index (χ1) is 12.3. The second-order valence-electron chi connectivity index (χ2n) is 6.75. The zero-order valence-corrected chi connectivity index (χ0v) is 13.8. The lowest BCUT2D eigenvalue weighted by Crippen LogP contribution is -2.17.